The smallest absolute Gasteiger partial charge is 0.259 e. The largest absolute Gasteiger partial charge is 0.346 e. The minimum Gasteiger partial charge on any atom is -0.346 e. The monoisotopic (exact) mass is 339 g/mol. The van der Waals surface area contributed by atoms with Gasteiger partial charge in [0.25, 0.3) is 5.91 Å². The van der Waals surface area contributed by atoms with Crippen molar-refractivity contribution in [1.29, 1.82) is 0 Å². The van der Waals surface area contributed by atoms with Crippen LogP contribution >= 0.6 is 11.3 Å². The molecule has 122 valence electrons. The second-order valence-corrected chi connectivity index (χ2v) is 7.02. The average molecular weight is 339 g/mol. The molecular weight excluding hydrogens is 322 g/mol. The van der Waals surface area contributed by atoms with Gasteiger partial charge in [-0.3, -0.25) is 9.59 Å². The van der Waals surface area contributed by atoms with Crippen LogP contribution in [0.5, 0.6) is 0 Å². The molecule has 3 aromatic rings. The molecule has 0 saturated carbocycles. The molecule has 3 heterocycles. The van der Waals surface area contributed by atoms with Gasteiger partial charge >= 0.3 is 0 Å². The number of benzene rings is 1. The molecule has 1 atom stereocenters. The standard InChI is InChI=1S/C18H17N3O2S/c1-11(17-19-7-9-24-17)20(2)18(23)14-10-21-8-6-12-4-3-5-13(15(12)21)16(14)22/h3-5,7,9-11H,6,8H2,1-2H3/t11-/m1/s1. The highest BCUT2D eigenvalue weighted by Crippen LogP contribution is 2.26. The number of hydrogen-bond acceptors (Lipinski definition) is 4. The van der Waals surface area contributed by atoms with E-state index in [1.807, 2.05) is 35.1 Å². The molecule has 6 heteroatoms. The van der Waals surface area contributed by atoms with Gasteiger partial charge in [0.1, 0.15) is 10.6 Å². The lowest BCUT2D eigenvalue weighted by Crippen LogP contribution is -2.33. The van der Waals surface area contributed by atoms with Crippen LogP contribution in [-0.2, 0) is 13.0 Å². The van der Waals surface area contributed by atoms with Crippen molar-refractivity contribution in [2.45, 2.75) is 25.9 Å². The predicted molar refractivity (Wildman–Crippen MR) is 94.5 cm³/mol. The molecule has 1 aliphatic heterocycles. The van der Waals surface area contributed by atoms with Crippen LogP contribution < -0.4 is 5.43 Å². The number of rotatable bonds is 3. The second kappa shape index (κ2) is 5.56. The zero-order valence-corrected chi connectivity index (χ0v) is 14.3. The Labute approximate surface area is 143 Å². The SMILES string of the molecule is C[C@H](c1nccs1)N(C)C(=O)c1cn2c3c(cccc3c1=O)CC2. The Balaban J connectivity index is 1.79. The topological polar surface area (TPSA) is 55.2 Å². The van der Waals surface area contributed by atoms with E-state index >= 15 is 0 Å². The van der Waals surface area contributed by atoms with Crippen LogP contribution in [0.15, 0.2) is 40.8 Å². The molecular formula is C18H17N3O2S. The fourth-order valence-electron chi connectivity index (χ4n) is 3.28. The molecule has 1 amide bonds. The van der Waals surface area contributed by atoms with Crippen LogP contribution in [0, 0.1) is 0 Å². The summed E-state index contributed by atoms with van der Waals surface area (Å²) in [6.45, 7) is 2.73. The predicted octanol–water partition coefficient (Wildman–Crippen LogP) is 2.85. The third-order valence-electron chi connectivity index (χ3n) is 4.74. The first-order valence-corrected chi connectivity index (χ1v) is 8.77. The van der Waals surface area contributed by atoms with Gasteiger partial charge in [-0.05, 0) is 25.0 Å². The number of para-hydroxylation sites is 1. The van der Waals surface area contributed by atoms with Crippen LogP contribution in [0.1, 0.15) is 33.9 Å². The van der Waals surface area contributed by atoms with E-state index in [1.165, 1.54) is 16.9 Å². The molecule has 0 N–H and O–H groups in total. The molecule has 0 unspecified atom stereocenters. The van der Waals surface area contributed by atoms with Crippen molar-refractivity contribution in [3.63, 3.8) is 0 Å². The lowest BCUT2D eigenvalue weighted by molar-refractivity contribution is 0.0740. The second-order valence-electron chi connectivity index (χ2n) is 6.09. The van der Waals surface area contributed by atoms with Gasteiger partial charge in [-0.25, -0.2) is 4.98 Å². The van der Waals surface area contributed by atoms with Crippen molar-refractivity contribution in [1.82, 2.24) is 14.5 Å². The van der Waals surface area contributed by atoms with Crippen molar-refractivity contribution < 1.29 is 4.79 Å². The number of thiazole rings is 1. The van der Waals surface area contributed by atoms with E-state index in [1.54, 1.807) is 24.3 Å². The first-order valence-electron chi connectivity index (χ1n) is 7.89. The Kier molecular flexibility index (Phi) is 3.49. The molecule has 0 bridgehead atoms. The first kappa shape index (κ1) is 15.1. The summed E-state index contributed by atoms with van der Waals surface area (Å²) in [5.41, 5.74) is 2.18. The molecule has 0 aliphatic carbocycles. The Morgan fingerprint density at radius 1 is 1.42 bits per heavy atom. The van der Waals surface area contributed by atoms with E-state index in [4.69, 9.17) is 0 Å². The van der Waals surface area contributed by atoms with E-state index in [-0.39, 0.29) is 22.9 Å². The van der Waals surface area contributed by atoms with Crippen molar-refractivity contribution in [3.8, 4) is 0 Å². The first-order chi connectivity index (χ1) is 11.6. The fourth-order valence-corrected chi connectivity index (χ4v) is 4.02. The lowest BCUT2D eigenvalue weighted by atomic mass is 10.1. The van der Waals surface area contributed by atoms with Crippen LogP contribution in [0.25, 0.3) is 10.9 Å². The molecule has 2 aromatic heterocycles. The van der Waals surface area contributed by atoms with Crippen LogP contribution in [-0.4, -0.2) is 27.4 Å². The number of amides is 1. The zero-order valence-electron chi connectivity index (χ0n) is 13.5. The highest BCUT2D eigenvalue weighted by molar-refractivity contribution is 7.09. The average Bonchev–Trinajstić information content (AvgIpc) is 3.26. The number of hydrogen-bond donors (Lipinski definition) is 0. The number of carbonyl (C=O) groups excluding carboxylic acids is 1. The minimum atomic E-state index is -0.259. The number of pyridine rings is 1. The minimum absolute atomic E-state index is 0.169. The van der Waals surface area contributed by atoms with E-state index in [9.17, 15) is 9.59 Å². The van der Waals surface area contributed by atoms with Gasteiger partial charge in [0, 0.05) is 36.8 Å². The van der Waals surface area contributed by atoms with Gasteiger partial charge in [0.2, 0.25) is 5.43 Å². The molecule has 0 saturated heterocycles. The third-order valence-corrected chi connectivity index (χ3v) is 5.69. The lowest BCUT2D eigenvalue weighted by Gasteiger charge is -2.23. The molecule has 5 nitrogen and oxygen atoms in total. The molecule has 4 rings (SSSR count). The third kappa shape index (κ3) is 2.17. The van der Waals surface area contributed by atoms with E-state index < -0.39 is 0 Å². The van der Waals surface area contributed by atoms with Gasteiger partial charge < -0.3 is 9.47 Å². The molecule has 0 spiro atoms. The summed E-state index contributed by atoms with van der Waals surface area (Å²) in [5, 5.41) is 3.38. The number of nitrogens with zero attached hydrogens (tertiary/aromatic N) is 3. The van der Waals surface area contributed by atoms with Crippen molar-refractivity contribution in [3.05, 3.63) is 62.3 Å². The quantitative estimate of drug-likeness (QED) is 0.737. The maximum absolute atomic E-state index is 12.9. The Hall–Kier alpha value is -2.47. The Morgan fingerprint density at radius 3 is 3.00 bits per heavy atom. The maximum Gasteiger partial charge on any atom is 0.259 e. The summed E-state index contributed by atoms with van der Waals surface area (Å²) < 4.78 is 2.03. The fraction of sp³-hybridized carbons (Fsp3) is 0.278. The number of aromatic nitrogens is 2. The van der Waals surface area contributed by atoms with E-state index in [0.717, 1.165) is 23.5 Å². The number of aryl methyl sites for hydroxylation is 2. The summed E-state index contributed by atoms with van der Waals surface area (Å²) in [6.07, 6.45) is 4.34. The molecule has 1 aliphatic rings. The van der Waals surface area contributed by atoms with Crippen LogP contribution in [0.3, 0.4) is 0 Å². The van der Waals surface area contributed by atoms with Crippen LogP contribution in [0.2, 0.25) is 0 Å². The Bertz CT molecular complexity index is 991. The van der Waals surface area contributed by atoms with Gasteiger partial charge in [-0.2, -0.15) is 0 Å². The van der Waals surface area contributed by atoms with Gasteiger partial charge in [-0.1, -0.05) is 12.1 Å². The summed E-state index contributed by atoms with van der Waals surface area (Å²) in [4.78, 5) is 31.6. The van der Waals surface area contributed by atoms with Crippen LogP contribution in [0.4, 0.5) is 0 Å². The molecule has 1 aromatic carbocycles. The molecule has 24 heavy (non-hydrogen) atoms. The normalized spacial score (nSPS) is 14.1. The summed E-state index contributed by atoms with van der Waals surface area (Å²) >= 11 is 1.51. The highest BCUT2D eigenvalue weighted by atomic mass is 32.1. The molecule has 0 radical (unpaired) electrons. The van der Waals surface area contributed by atoms with Crippen molar-refractivity contribution in [2.75, 3.05) is 7.05 Å². The van der Waals surface area contributed by atoms with Crippen molar-refractivity contribution >= 4 is 28.1 Å². The molecule has 0 fully saturated rings. The van der Waals surface area contributed by atoms with Gasteiger partial charge in [-0.15, -0.1) is 11.3 Å². The van der Waals surface area contributed by atoms with Gasteiger partial charge in [0.05, 0.1) is 11.6 Å². The number of carbonyl (C=O) groups is 1. The maximum atomic E-state index is 12.9. The van der Waals surface area contributed by atoms with Gasteiger partial charge in [0.15, 0.2) is 0 Å². The summed E-state index contributed by atoms with van der Waals surface area (Å²) in [6, 6.07) is 5.58. The summed E-state index contributed by atoms with van der Waals surface area (Å²) in [7, 11) is 1.72. The summed E-state index contributed by atoms with van der Waals surface area (Å²) in [5.74, 6) is -0.259. The zero-order chi connectivity index (χ0) is 16.8. The highest BCUT2D eigenvalue weighted by Gasteiger charge is 2.25. The van der Waals surface area contributed by atoms with E-state index in [0.29, 0.717) is 5.39 Å². The van der Waals surface area contributed by atoms with Crippen molar-refractivity contribution in [2.24, 2.45) is 0 Å². The Morgan fingerprint density at radius 2 is 2.25 bits per heavy atom. The van der Waals surface area contributed by atoms with E-state index in [2.05, 4.69) is 4.98 Å².